The fourth-order valence-corrected chi connectivity index (χ4v) is 1.46. The van der Waals surface area contributed by atoms with Gasteiger partial charge in [0.2, 0.25) is 0 Å². The molecule has 0 bridgehead atoms. The van der Waals surface area contributed by atoms with Crippen molar-refractivity contribution in [3.8, 4) is 0 Å². The van der Waals surface area contributed by atoms with Gasteiger partial charge in [0.05, 0.1) is 0 Å². The molecule has 2 heterocycles. The molecule has 0 atom stereocenters. The molecule has 0 fully saturated rings. The van der Waals surface area contributed by atoms with Crippen molar-refractivity contribution in [2.24, 2.45) is 0 Å². The van der Waals surface area contributed by atoms with Crippen LogP contribution in [0.2, 0.25) is 0 Å². The maximum atomic E-state index is 4.07. The lowest BCUT2D eigenvalue weighted by molar-refractivity contribution is 0.398. The molecule has 2 rings (SSSR count). The number of hydrogen-bond donors (Lipinski definition) is 1. The molecule has 0 aromatic carbocycles. The summed E-state index contributed by atoms with van der Waals surface area (Å²) in [6.45, 7) is 0.939. The molecule has 0 aliphatic rings. The normalized spacial score (nSPS) is 11.3. The zero-order valence-electron chi connectivity index (χ0n) is 7.91. The van der Waals surface area contributed by atoms with Crippen molar-refractivity contribution in [1.29, 1.82) is 0 Å². The summed E-state index contributed by atoms with van der Waals surface area (Å²) in [6.07, 6.45) is 3.68. The number of H-pyrrole nitrogens is 1. The van der Waals surface area contributed by atoms with Gasteiger partial charge in [-0.3, -0.25) is 4.98 Å². The first kappa shape index (κ1) is 8.26. The van der Waals surface area contributed by atoms with Crippen molar-refractivity contribution in [1.82, 2.24) is 14.9 Å². The van der Waals surface area contributed by atoms with Gasteiger partial charge in [-0.15, -0.1) is 0 Å². The van der Waals surface area contributed by atoms with Crippen LogP contribution in [0.1, 0.15) is 5.69 Å². The highest BCUT2D eigenvalue weighted by atomic mass is 15.1. The Morgan fingerprint density at radius 2 is 2.31 bits per heavy atom. The molecule has 3 heteroatoms. The highest BCUT2D eigenvalue weighted by Gasteiger charge is 2.00. The van der Waals surface area contributed by atoms with Crippen molar-refractivity contribution in [3.63, 3.8) is 0 Å². The van der Waals surface area contributed by atoms with Crippen LogP contribution in [0.25, 0.3) is 10.9 Å². The summed E-state index contributed by atoms with van der Waals surface area (Å²) in [7, 11) is 4.12. The van der Waals surface area contributed by atoms with E-state index in [1.807, 2.05) is 12.3 Å². The van der Waals surface area contributed by atoms with Crippen LogP contribution in [0, 0.1) is 0 Å². The van der Waals surface area contributed by atoms with Crippen molar-refractivity contribution >= 4 is 10.9 Å². The van der Waals surface area contributed by atoms with Crippen LogP contribution >= 0.6 is 0 Å². The molecule has 0 aliphatic carbocycles. The van der Waals surface area contributed by atoms with Crippen LogP contribution in [-0.4, -0.2) is 29.0 Å². The van der Waals surface area contributed by atoms with E-state index < -0.39 is 0 Å². The summed E-state index contributed by atoms with van der Waals surface area (Å²) in [6, 6.07) is 4.14. The Morgan fingerprint density at radius 3 is 3.00 bits per heavy atom. The largest absolute Gasteiger partial charge is 0.357 e. The van der Waals surface area contributed by atoms with Crippen LogP contribution in [0.15, 0.2) is 24.5 Å². The molecule has 3 nitrogen and oxygen atoms in total. The van der Waals surface area contributed by atoms with Gasteiger partial charge in [0.15, 0.2) is 0 Å². The molecule has 2 aromatic heterocycles. The van der Waals surface area contributed by atoms with E-state index in [0.717, 1.165) is 12.1 Å². The SMILES string of the molecule is CN(C)Cc1cc2cnccc2[nH]1. The minimum absolute atomic E-state index is 0.939. The average Bonchev–Trinajstić information content (AvgIpc) is 2.44. The molecule has 1 N–H and O–H groups in total. The van der Waals surface area contributed by atoms with Crippen LogP contribution in [-0.2, 0) is 6.54 Å². The molecule has 0 amide bonds. The summed E-state index contributed by atoms with van der Waals surface area (Å²) < 4.78 is 0. The highest BCUT2D eigenvalue weighted by Crippen LogP contribution is 2.13. The minimum Gasteiger partial charge on any atom is -0.357 e. The number of aromatic amines is 1. The van der Waals surface area contributed by atoms with Gasteiger partial charge in [-0.25, -0.2) is 0 Å². The van der Waals surface area contributed by atoms with Gasteiger partial charge in [0, 0.05) is 35.5 Å². The smallest absolute Gasteiger partial charge is 0.0487 e. The predicted molar refractivity (Wildman–Crippen MR) is 53.5 cm³/mol. The predicted octanol–water partition coefficient (Wildman–Crippen LogP) is 1.62. The molecule has 0 saturated carbocycles. The highest BCUT2D eigenvalue weighted by molar-refractivity contribution is 5.79. The summed E-state index contributed by atoms with van der Waals surface area (Å²) in [5.74, 6) is 0. The number of rotatable bonds is 2. The Morgan fingerprint density at radius 1 is 1.46 bits per heavy atom. The standard InChI is InChI=1S/C10H13N3/c1-13(2)7-9-5-8-6-11-4-3-10(8)12-9/h3-6,12H,7H2,1-2H3. The van der Waals surface area contributed by atoms with Crippen molar-refractivity contribution in [2.75, 3.05) is 14.1 Å². The van der Waals surface area contributed by atoms with E-state index >= 15 is 0 Å². The monoisotopic (exact) mass is 175 g/mol. The first-order chi connectivity index (χ1) is 6.25. The molecule has 0 unspecified atom stereocenters. The fourth-order valence-electron chi connectivity index (χ4n) is 1.46. The van der Waals surface area contributed by atoms with E-state index in [1.165, 1.54) is 11.1 Å². The Hall–Kier alpha value is -1.35. The second-order valence-electron chi connectivity index (χ2n) is 3.50. The summed E-state index contributed by atoms with van der Waals surface area (Å²) in [4.78, 5) is 9.55. The Labute approximate surface area is 77.4 Å². The van der Waals surface area contributed by atoms with Gasteiger partial charge in [-0.05, 0) is 26.2 Å². The second kappa shape index (κ2) is 3.18. The number of nitrogens with zero attached hydrogens (tertiary/aromatic N) is 2. The lowest BCUT2D eigenvalue weighted by Gasteiger charge is -2.06. The van der Waals surface area contributed by atoms with Crippen LogP contribution < -0.4 is 0 Å². The molecule has 13 heavy (non-hydrogen) atoms. The summed E-state index contributed by atoms with van der Waals surface area (Å²) in [5.41, 5.74) is 2.39. The topological polar surface area (TPSA) is 31.9 Å². The maximum Gasteiger partial charge on any atom is 0.0487 e. The van der Waals surface area contributed by atoms with Gasteiger partial charge in [-0.1, -0.05) is 0 Å². The van der Waals surface area contributed by atoms with E-state index in [-0.39, 0.29) is 0 Å². The van der Waals surface area contributed by atoms with E-state index in [0.29, 0.717) is 0 Å². The third kappa shape index (κ3) is 1.70. The van der Waals surface area contributed by atoms with Crippen molar-refractivity contribution in [2.45, 2.75) is 6.54 Å². The number of fused-ring (bicyclic) bond motifs is 1. The fraction of sp³-hybridized carbons (Fsp3) is 0.300. The molecular formula is C10H13N3. The van der Waals surface area contributed by atoms with Crippen LogP contribution in [0.5, 0.6) is 0 Å². The quantitative estimate of drug-likeness (QED) is 0.752. The Balaban J connectivity index is 2.38. The van der Waals surface area contributed by atoms with Crippen LogP contribution in [0.4, 0.5) is 0 Å². The second-order valence-corrected chi connectivity index (χ2v) is 3.50. The van der Waals surface area contributed by atoms with Gasteiger partial charge >= 0.3 is 0 Å². The number of hydrogen-bond acceptors (Lipinski definition) is 2. The molecule has 2 aromatic rings. The Bertz CT molecular complexity index is 370. The van der Waals surface area contributed by atoms with E-state index in [1.54, 1.807) is 6.20 Å². The van der Waals surface area contributed by atoms with E-state index in [4.69, 9.17) is 0 Å². The third-order valence-electron chi connectivity index (χ3n) is 1.96. The van der Waals surface area contributed by atoms with Crippen molar-refractivity contribution < 1.29 is 0 Å². The first-order valence-electron chi connectivity index (χ1n) is 4.32. The molecule has 68 valence electrons. The molecule has 0 saturated heterocycles. The third-order valence-corrected chi connectivity index (χ3v) is 1.96. The van der Waals surface area contributed by atoms with Crippen LogP contribution in [0.3, 0.4) is 0 Å². The lowest BCUT2D eigenvalue weighted by Crippen LogP contribution is -2.10. The number of pyridine rings is 1. The van der Waals surface area contributed by atoms with E-state index in [2.05, 4.69) is 35.0 Å². The van der Waals surface area contributed by atoms with Crippen molar-refractivity contribution in [3.05, 3.63) is 30.2 Å². The summed E-state index contributed by atoms with van der Waals surface area (Å²) >= 11 is 0. The molecule has 0 aliphatic heterocycles. The van der Waals surface area contributed by atoms with Gasteiger partial charge in [-0.2, -0.15) is 0 Å². The van der Waals surface area contributed by atoms with Gasteiger partial charge in [0.25, 0.3) is 0 Å². The van der Waals surface area contributed by atoms with E-state index in [9.17, 15) is 0 Å². The zero-order valence-corrected chi connectivity index (χ0v) is 7.91. The zero-order chi connectivity index (χ0) is 9.26. The number of nitrogens with one attached hydrogen (secondary N) is 1. The lowest BCUT2D eigenvalue weighted by atomic mass is 10.3. The number of aromatic nitrogens is 2. The summed E-state index contributed by atoms with van der Waals surface area (Å²) in [5, 5.41) is 1.18. The molecular weight excluding hydrogens is 162 g/mol. The van der Waals surface area contributed by atoms with Gasteiger partial charge in [0.1, 0.15) is 0 Å². The van der Waals surface area contributed by atoms with Gasteiger partial charge < -0.3 is 9.88 Å². The Kier molecular flexibility index (Phi) is 2.02. The molecule has 0 radical (unpaired) electrons. The first-order valence-corrected chi connectivity index (χ1v) is 4.32. The minimum atomic E-state index is 0.939. The molecule has 0 spiro atoms. The maximum absolute atomic E-state index is 4.07. The average molecular weight is 175 g/mol.